The number of nitrogens with zero attached hydrogens (tertiary/aromatic N) is 1. The van der Waals surface area contributed by atoms with Crippen molar-refractivity contribution < 1.29 is 0 Å². The first-order valence-electron chi connectivity index (χ1n) is 7.26. The van der Waals surface area contributed by atoms with Crippen molar-refractivity contribution in [2.45, 2.75) is 51.7 Å². The van der Waals surface area contributed by atoms with Crippen LogP contribution in [0.25, 0.3) is 0 Å². The molecule has 0 aromatic heterocycles. The smallest absolute Gasteiger partial charge is 0.0514 e. The van der Waals surface area contributed by atoms with Crippen LogP contribution < -0.4 is 5.73 Å². The summed E-state index contributed by atoms with van der Waals surface area (Å²) in [6.07, 6.45) is 2.49. The summed E-state index contributed by atoms with van der Waals surface area (Å²) >= 11 is 6.38. The molecular weight excluding hydrogens is 256 g/mol. The molecule has 0 amide bonds. The Labute approximate surface area is 121 Å². The summed E-state index contributed by atoms with van der Waals surface area (Å²) in [6.45, 7) is 7.84. The standard InChI is InChI=1S/C16H25ClN2/c1-11-8-9-19(12(2)10-11)16(13(3)18)14-6-4-5-7-15(14)17/h4-7,11-13,16H,8-10,18H2,1-3H3. The van der Waals surface area contributed by atoms with Gasteiger partial charge in [-0.3, -0.25) is 4.90 Å². The molecule has 0 saturated carbocycles. The molecule has 1 aliphatic heterocycles. The Balaban J connectivity index is 2.28. The summed E-state index contributed by atoms with van der Waals surface area (Å²) in [5.41, 5.74) is 7.43. The van der Waals surface area contributed by atoms with Crippen LogP contribution in [0.3, 0.4) is 0 Å². The Morgan fingerprint density at radius 2 is 2.00 bits per heavy atom. The predicted octanol–water partition coefficient (Wildman–Crippen LogP) is 3.85. The fraction of sp³-hybridized carbons (Fsp3) is 0.625. The predicted molar refractivity (Wildman–Crippen MR) is 82.4 cm³/mol. The third-order valence-electron chi connectivity index (χ3n) is 4.27. The van der Waals surface area contributed by atoms with E-state index in [9.17, 15) is 0 Å². The van der Waals surface area contributed by atoms with Gasteiger partial charge in [-0.2, -0.15) is 0 Å². The number of likely N-dealkylation sites (tertiary alicyclic amines) is 1. The molecule has 0 spiro atoms. The maximum absolute atomic E-state index is 6.38. The molecule has 1 saturated heterocycles. The van der Waals surface area contributed by atoms with Gasteiger partial charge in [0.25, 0.3) is 0 Å². The second-order valence-corrected chi connectivity index (χ2v) is 6.45. The quantitative estimate of drug-likeness (QED) is 0.911. The molecule has 1 aromatic carbocycles. The molecule has 1 aliphatic rings. The first-order chi connectivity index (χ1) is 9.00. The highest BCUT2D eigenvalue weighted by atomic mass is 35.5. The van der Waals surface area contributed by atoms with E-state index in [4.69, 9.17) is 17.3 Å². The molecular formula is C16H25ClN2. The number of hydrogen-bond donors (Lipinski definition) is 1. The molecule has 4 unspecified atom stereocenters. The van der Waals surface area contributed by atoms with Crippen LogP contribution in [0.1, 0.15) is 45.2 Å². The highest BCUT2D eigenvalue weighted by molar-refractivity contribution is 6.31. The van der Waals surface area contributed by atoms with Crippen LogP contribution in [0.2, 0.25) is 5.02 Å². The number of nitrogens with two attached hydrogens (primary N) is 1. The Morgan fingerprint density at radius 1 is 1.32 bits per heavy atom. The number of halogens is 1. The van der Waals surface area contributed by atoms with Gasteiger partial charge in [0.15, 0.2) is 0 Å². The molecule has 0 aliphatic carbocycles. The number of hydrogen-bond acceptors (Lipinski definition) is 2. The fourth-order valence-corrected chi connectivity index (χ4v) is 3.57. The average Bonchev–Trinajstić information content (AvgIpc) is 2.34. The van der Waals surface area contributed by atoms with Gasteiger partial charge in [-0.05, 0) is 50.8 Å². The van der Waals surface area contributed by atoms with Gasteiger partial charge in [0.1, 0.15) is 0 Å². The Kier molecular flexibility index (Phi) is 4.88. The topological polar surface area (TPSA) is 29.3 Å². The minimum atomic E-state index is 0.0794. The molecule has 19 heavy (non-hydrogen) atoms. The lowest BCUT2D eigenvalue weighted by Gasteiger charge is -2.43. The van der Waals surface area contributed by atoms with E-state index in [0.29, 0.717) is 6.04 Å². The molecule has 1 aromatic rings. The lowest BCUT2D eigenvalue weighted by molar-refractivity contribution is 0.0709. The normalized spacial score (nSPS) is 28.1. The zero-order valence-electron chi connectivity index (χ0n) is 12.1. The number of rotatable bonds is 3. The van der Waals surface area contributed by atoms with Crippen LogP contribution in [-0.2, 0) is 0 Å². The molecule has 1 fully saturated rings. The van der Waals surface area contributed by atoms with E-state index < -0.39 is 0 Å². The fourth-order valence-electron chi connectivity index (χ4n) is 3.32. The third-order valence-corrected chi connectivity index (χ3v) is 4.61. The van der Waals surface area contributed by atoms with Crippen LogP contribution in [-0.4, -0.2) is 23.5 Å². The largest absolute Gasteiger partial charge is 0.326 e. The van der Waals surface area contributed by atoms with Crippen molar-refractivity contribution in [3.05, 3.63) is 34.9 Å². The second kappa shape index (κ2) is 6.25. The molecule has 106 valence electrons. The summed E-state index contributed by atoms with van der Waals surface area (Å²) in [5, 5.41) is 0.829. The van der Waals surface area contributed by atoms with Gasteiger partial charge in [0.05, 0.1) is 6.04 Å². The van der Waals surface area contributed by atoms with Crippen LogP contribution >= 0.6 is 11.6 Å². The van der Waals surface area contributed by atoms with Crippen LogP contribution in [0.5, 0.6) is 0 Å². The van der Waals surface area contributed by atoms with Crippen molar-refractivity contribution in [3.8, 4) is 0 Å². The summed E-state index contributed by atoms with van der Waals surface area (Å²) in [4.78, 5) is 2.53. The van der Waals surface area contributed by atoms with Crippen molar-refractivity contribution in [1.29, 1.82) is 0 Å². The molecule has 1 heterocycles. The van der Waals surface area contributed by atoms with Crippen LogP contribution in [0, 0.1) is 5.92 Å². The third kappa shape index (κ3) is 3.31. The average molecular weight is 281 g/mol. The molecule has 2 nitrogen and oxygen atoms in total. The van der Waals surface area contributed by atoms with Gasteiger partial charge in [-0.1, -0.05) is 36.7 Å². The molecule has 2 rings (SSSR count). The van der Waals surface area contributed by atoms with Crippen LogP contribution in [0.4, 0.5) is 0 Å². The molecule has 4 atom stereocenters. The summed E-state index contributed by atoms with van der Waals surface area (Å²) in [5.74, 6) is 0.811. The minimum absolute atomic E-state index is 0.0794. The minimum Gasteiger partial charge on any atom is -0.326 e. The van der Waals surface area contributed by atoms with E-state index in [1.807, 2.05) is 18.2 Å². The molecule has 2 N–H and O–H groups in total. The zero-order chi connectivity index (χ0) is 14.0. The zero-order valence-corrected chi connectivity index (χ0v) is 12.9. The van der Waals surface area contributed by atoms with E-state index in [1.165, 1.54) is 18.4 Å². The summed E-state index contributed by atoms with van der Waals surface area (Å²) in [7, 11) is 0. The first-order valence-corrected chi connectivity index (χ1v) is 7.64. The van der Waals surface area contributed by atoms with Gasteiger partial charge >= 0.3 is 0 Å². The van der Waals surface area contributed by atoms with E-state index in [2.05, 4.69) is 31.7 Å². The van der Waals surface area contributed by atoms with Gasteiger partial charge in [0.2, 0.25) is 0 Å². The van der Waals surface area contributed by atoms with Gasteiger partial charge < -0.3 is 5.73 Å². The highest BCUT2D eigenvalue weighted by Gasteiger charge is 2.32. The van der Waals surface area contributed by atoms with Crippen molar-refractivity contribution >= 4 is 11.6 Å². The lowest BCUT2D eigenvalue weighted by Crippen LogP contribution is -2.48. The van der Waals surface area contributed by atoms with E-state index >= 15 is 0 Å². The molecule has 0 radical (unpaired) electrons. The molecule has 0 bridgehead atoms. The Hall–Kier alpha value is -0.570. The van der Waals surface area contributed by atoms with Gasteiger partial charge in [-0.25, -0.2) is 0 Å². The maximum Gasteiger partial charge on any atom is 0.0514 e. The van der Waals surface area contributed by atoms with Crippen molar-refractivity contribution in [2.75, 3.05) is 6.54 Å². The second-order valence-electron chi connectivity index (χ2n) is 6.04. The lowest BCUT2D eigenvalue weighted by atomic mass is 9.89. The monoisotopic (exact) mass is 280 g/mol. The highest BCUT2D eigenvalue weighted by Crippen LogP contribution is 2.35. The number of piperidine rings is 1. The summed E-state index contributed by atoms with van der Waals surface area (Å²) in [6, 6.07) is 8.97. The maximum atomic E-state index is 6.38. The van der Waals surface area contributed by atoms with Crippen molar-refractivity contribution in [1.82, 2.24) is 4.90 Å². The SMILES string of the molecule is CC1CCN(C(c2ccccc2Cl)C(C)N)C(C)C1. The van der Waals surface area contributed by atoms with Crippen molar-refractivity contribution in [2.24, 2.45) is 11.7 Å². The Bertz CT molecular complexity index is 419. The van der Waals surface area contributed by atoms with Gasteiger partial charge in [0, 0.05) is 17.1 Å². The van der Waals surface area contributed by atoms with Crippen LogP contribution in [0.15, 0.2) is 24.3 Å². The van der Waals surface area contributed by atoms with E-state index in [-0.39, 0.29) is 12.1 Å². The van der Waals surface area contributed by atoms with E-state index in [0.717, 1.165) is 17.5 Å². The Morgan fingerprint density at radius 3 is 2.58 bits per heavy atom. The van der Waals surface area contributed by atoms with Crippen molar-refractivity contribution in [3.63, 3.8) is 0 Å². The van der Waals surface area contributed by atoms with E-state index in [1.54, 1.807) is 0 Å². The number of benzene rings is 1. The van der Waals surface area contributed by atoms with Gasteiger partial charge in [-0.15, -0.1) is 0 Å². The molecule has 3 heteroatoms. The first kappa shape index (κ1) is 14.8. The summed E-state index contributed by atoms with van der Waals surface area (Å²) < 4.78 is 0.